The van der Waals surface area contributed by atoms with Gasteiger partial charge in [0.1, 0.15) is 23.9 Å². The summed E-state index contributed by atoms with van der Waals surface area (Å²) in [5, 5.41) is 3.21. The molecule has 2 aromatic carbocycles. The molecule has 0 unspecified atom stereocenters. The highest BCUT2D eigenvalue weighted by Crippen LogP contribution is 2.30. The summed E-state index contributed by atoms with van der Waals surface area (Å²) in [6.45, 7) is 9.35. The summed E-state index contributed by atoms with van der Waals surface area (Å²) < 4.78 is 19.7. The van der Waals surface area contributed by atoms with Crippen molar-refractivity contribution in [2.45, 2.75) is 33.4 Å². The van der Waals surface area contributed by atoms with Crippen LogP contribution in [0.2, 0.25) is 0 Å². The lowest BCUT2D eigenvalue weighted by Gasteiger charge is -2.25. The molecule has 0 saturated heterocycles. The van der Waals surface area contributed by atoms with Crippen LogP contribution in [0.4, 0.5) is 15.8 Å². The van der Waals surface area contributed by atoms with Crippen LogP contribution >= 0.6 is 0 Å². The van der Waals surface area contributed by atoms with Crippen molar-refractivity contribution in [1.82, 2.24) is 9.88 Å². The summed E-state index contributed by atoms with van der Waals surface area (Å²) >= 11 is 0. The molecule has 0 atom stereocenters. The van der Waals surface area contributed by atoms with Gasteiger partial charge in [0.05, 0.1) is 0 Å². The van der Waals surface area contributed by atoms with E-state index in [9.17, 15) is 9.18 Å². The van der Waals surface area contributed by atoms with Gasteiger partial charge in [-0.2, -0.15) is 0 Å². The number of carbonyl (C=O) groups is 1. The van der Waals surface area contributed by atoms with E-state index in [4.69, 9.17) is 4.74 Å². The fraction of sp³-hybridized carbons (Fsp3) is 0.286. The Balaban J connectivity index is 1.81. The Bertz CT molecular complexity index is 1180. The summed E-state index contributed by atoms with van der Waals surface area (Å²) in [5.41, 5.74) is 4.76. The zero-order valence-corrected chi connectivity index (χ0v) is 20.8. The van der Waals surface area contributed by atoms with E-state index in [1.165, 1.54) is 6.07 Å². The van der Waals surface area contributed by atoms with Crippen molar-refractivity contribution in [2.24, 2.45) is 0 Å². The normalized spacial score (nSPS) is 10.5. The topological polar surface area (TPSA) is 57.7 Å². The Kier molecular flexibility index (Phi) is 8.84. The third-order valence-electron chi connectivity index (χ3n) is 5.79. The number of hydrogen-bond donors (Lipinski definition) is 1. The van der Waals surface area contributed by atoms with Gasteiger partial charge >= 0.3 is 0 Å². The quantitative estimate of drug-likeness (QED) is 0.380. The molecule has 0 spiro atoms. The van der Waals surface area contributed by atoms with Gasteiger partial charge in [-0.05, 0) is 61.0 Å². The van der Waals surface area contributed by atoms with E-state index in [1.54, 1.807) is 23.4 Å². The minimum atomic E-state index is -0.394. The molecule has 0 saturated carbocycles. The van der Waals surface area contributed by atoms with Gasteiger partial charge in [0.2, 0.25) is 0 Å². The Morgan fingerprint density at radius 3 is 2.71 bits per heavy atom. The van der Waals surface area contributed by atoms with E-state index < -0.39 is 5.82 Å². The number of amides is 1. The Morgan fingerprint density at radius 1 is 1.23 bits per heavy atom. The molecule has 0 radical (unpaired) electrons. The second-order valence-electron chi connectivity index (χ2n) is 8.33. The first-order valence-electron chi connectivity index (χ1n) is 11.7. The molecule has 1 amide bonds. The van der Waals surface area contributed by atoms with Crippen LogP contribution in [-0.4, -0.2) is 36.4 Å². The summed E-state index contributed by atoms with van der Waals surface area (Å²) in [7, 11) is 3.66. The molecule has 0 bridgehead atoms. The van der Waals surface area contributed by atoms with Gasteiger partial charge in [0, 0.05) is 56.4 Å². The lowest BCUT2D eigenvalue weighted by molar-refractivity contribution is 0.0795. The molecule has 1 N–H and O–H groups in total. The highest BCUT2D eigenvalue weighted by atomic mass is 19.1. The van der Waals surface area contributed by atoms with E-state index in [0.29, 0.717) is 24.4 Å². The number of rotatable bonds is 11. The molecule has 35 heavy (non-hydrogen) atoms. The van der Waals surface area contributed by atoms with Crippen LogP contribution in [0.15, 0.2) is 67.5 Å². The molecule has 1 heterocycles. The summed E-state index contributed by atoms with van der Waals surface area (Å²) in [6, 6.07) is 14.4. The summed E-state index contributed by atoms with van der Waals surface area (Å²) in [5.74, 6) is 0.215. The third kappa shape index (κ3) is 6.38. The fourth-order valence-electron chi connectivity index (χ4n) is 3.83. The van der Waals surface area contributed by atoms with E-state index in [2.05, 4.69) is 23.8 Å². The van der Waals surface area contributed by atoms with Gasteiger partial charge in [0.25, 0.3) is 5.91 Å². The van der Waals surface area contributed by atoms with Crippen LogP contribution in [0.1, 0.15) is 40.5 Å². The predicted octanol–water partition coefficient (Wildman–Crippen LogP) is 5.78. The van der Waals surface area contributed by atoms with Crippen LogP contribution in [0, 0.1) is 12.7 Å². The summed E-state index contributed by atoms with van der Waals surface area (Å²) in [4.78, 5) is 20.5. The van der Waals surface area contributed by atoms with Crippen LogP contribution in [0.5, 0.6) is 5.75 Å². The first-order chi connectivity index (χ1) is 16.9. The molecule has 0 aliphatic carbocycles. The molecule has 0 fully saturated rings. The van der Waals surface area contributed by atoms with Crippen molar-refractivity contribution < 1.29 is 13.9 Å². The molecule has 6 nitrogen and oxygen atoms in total. The first kappa shape index (κ1) is 25.7. The monoisotopic (exact) mass is 476 g/mol. The van der Waals surface area contributed by atoms with E-state index in [1.807, 2.05) is 62.3 Å². The molecule has 3 aromatic rings. The second-order valence-corrected chi connectivity index (χ2v) is 8.33. The SMILES string of the molecule is C=CN(Cc1ccc(C(=O)N(C)CCC)cc1NC)c1cc(OCc2ncccc2F)ccc1C. The van der Waals surface area contributed by atoms with Crippen molar-refractivity contribution in [3.63, 3.8) is 0 Å². The van der Waals surface area contributed by atoms with E-state index in [-0.39, 0.29) is 18.2 Å². The number of ether oxygens (including phenoxy) is 1. The standard InChI is InChI=1S/C28H33FN4O2/c1-6-15-32(5)28(34)21-11-12-22(25(16-21)30-4)18-33(7-2)27-17-23(13-10-20(27)3)35-19-26-24(29)9-8-14-31-26/h7-14,16-17,30H,2,6,15,18-19H2,1,3-5H3. The van der Waals surface area contributed by atoms with Gasteiger partial charge in [-0.25, -0.2) is 4.39 Å². The van der Waals surface area contributed by atoms with Crippen molar-refractivity contribution in [2.75, 3.05) is 30.9 Å². The minimum Gasteiger partial charge on any atom is -0.487 e. The highest BCUT2D eigenvalue weighted by molar-refractivity contribution is 5.95. The van der Waals surface area contributed by atoms with Crippen molar-refractivity contribution in [1.29, 1.82) is 0 Å². The molecular formula is C28H33FN4O2. The van der Waals surface area contributed by atoms with Gasteiger partial charge in [-0.1, -0.05) is 25.6 Å². The third-order valence-corrected chi connectivity index (χ3v) is 5.79. The van der Waals surface area contributed by atoms with Crippen molar-refractivity contribution >= 4 is 17.3 Å². The lowest BCUT2D eigenvalue weighted by Crippen LogP contribution is -2.27. The van der Waals surface area contributed by atoms with E-state index >= 15 is 0 Å². The maximum Gasteiger partial charge on any atom is 0.253 e. The van der Waals surface area contributed by atoms with Crippen LogP contribution in [0.3, 0.4) is 0 Å². The Hall–Kier alpha value is -3.87. The molecule has 1 aromatic heterocycles. The molecule has 0 aliphatic heterocycles. The van der Waals surface area contributed by atoms with Gasteiger partial charge in [-0.3, -0.25) is 9.78 Å². The van der Waals surface area contributed by atoms with Crippen LogP contribution < -0.4 is 15.0 Å². The second kappa shape index (κ2) is 12.0. The number of benzene rings is 2. The zero-order valence-electron chi connectivity index (χ0n) is 20.8. The fourth-order valence-corrected chi connectivity index (χ4v) is 3.83. The zero-order chi connectivity index (χ0) is 25.4. The van der Waals surface area contributed by atoms with Crippen LogP contribution in [0.25, 0.3) is 0 Å². The predicted molar refractivity (Wildman–Crippen MR) is 139 cm³/mol. The van der Waals surface area contributed by atoms with E-state index in [0.717, 1.165) is 28.9 Å². The highest BCUT2D eigenvalue weighted by Gasteiger charge is 2.16. The molecule has 0 aliphatic rings. The van der Waals surface area contributed by atoms with Gasteiger partial charge in [-0.15, -0.1) is 0 Å². The van der Waals surface area contributed by atoms with Gasteiger partial charge in [0.15, 0.2) is 0 Å². The number of aryl methyl sites for hydroxylation is 1. The number of aromatic nitrogens is 1. The molecule has 184 valence electrons. The number of nitrogens with one attached hydrogen (secondary N) is 1. The number of carbonyl (C=O) groups excluding carboxylic acids is 1. The lowest BCUT2D eigenvalue weighted by atomic mass is 10.1. The Morgan fingerprint density at radius 2 is 2.03 bits per heavy atom. The van der Waals surface area contributed by atoms with Crippen LogP contribution in [-0.2, 0) is 13.2 Å². The molecule has 7 heteroatoms. The molecule has 3 rings (SSSR count). The average Bonchev–Trinajstić information content (AvgIpc) is 2.87. The average molecular weight is 477 g/mol. The summed E-state index contributed by atoms with van der Waals surface area (Å²) in [6.07, 6.45) is 4.21. The first-order valence-corrected chi connectivity index (χ1v) is 11.7. The molecular weight excluding hydrogens is 443 g/mol. The maximum atomic E-state index is 13.9. The van der Waals surface area contributed by atoms with Crippen molar-refractivity contribution in [3.05, 3.63) is 95.7 Å². The van der Waals surface area contributed by atoms with Crippen molar-refractivity contribution in [3.8, 4) is 5.75 Å². The number of hydrogen-bond acceptors (Lipinski definition) is 5. The maximum absolute atomic E-state index is 13.9. The number of halogens is 1. The minimum absolute atomic E-state index is 0.000476. The smallest absolute Gasteiger partial charge is 0.253 e. The Labute approximate surface area is 207 Å². The number of anilines is 2. The number of nitrogens with zero attached hydrogens (tertiary/aromatic N) is 3. The number of pyridine rings is 1. The largest absolute Gasteiger partial charge is 0.487 e. The van der Waals surface area contributed by atoms with Gasteiger partial charge < -0.3 is 19.9 Å².